The van der Waals surface area contributed by atoms with Crippen molar-refractivity contribution in [3.63, 3.8) is 0 Å². The summed E-state index contributed by atoms with van der Waals surface area (Å²) in [5.74, 6) is 1.67. The number of hydrogen-bond donors (Lipinski definition) is 0. The average molecular weight is 239 g/mol. The second kappa shape index (κ2) is 3.94. The fourth-order valence-electron chi connectivity index (χ4n) is 2.36. The SMILES string of the molecule is ClCC1(c2ccc3c(c2)CCCO3)COC1. The Labute approximate surface area is 101 Å². The summed E-state index contributed by atoms with van der Waals surface area (Å²) in [6, 6.07) is 6.46. The van der Waals surface area contributed by atoms with Crippen molar-refractivity contribution in [1.29, 1.82) is 0 Å². The van der Waals surface area contributed by atoms with Crippen LogP contribution in [0.1, 0.15) is 17.5 Å². The maximum atomic E-state index is 6.07. The number of rotatable bonds is 2. The normalized spacial score (nSPS) is 21.8. The van der Waals surface area contributed by atoms with Crippen molar-refractivity contribution >= 4 is 11.6 Å². The van der Waals surface area contributed by atoms with E-state index >= 15 is 0 Å². The quantitative estimate of drug-likeness (QED) is 0.738. The molecule has 3 rings (SSSR count). The summed E-state index contributed by atoms with van der Waals surface area (Å²) in [4.78, 5) is 0. The van der Waals surface area contributed by atoms with Gasteiger partial charge in [-0.1, -0.05) is 12.1 Å². The van der Waals surface area contributed by atoms with Crippen LogP contribution in [-0.4, -0.2) is 25.7 Å². The zero-order valence-electron chi connectivity index (χ0n) is 9.17. The average Bonchev–Trinajstić information content (AvgIpc) is 2.28. The van der Waals surface area contributed by atoms with Gasteiger partial charge in [-0.25, -0.2) is 0 Å². The lowest BCUT2D eigenvalue weighted by molar-refractivity contribution is -0.0480. The van der Waals surface area contributed by atoms with Gasteiger partial charge in [-0.15, -0.1) is 11.6 Å². The zero-order chi connectivity index (χ0) is 11.0. The predicted molar refractivity (Wildman–Crippen MR) is 63.5 cm³/mol. The van der Waals surface area contributed by atoms with E-state index in [1.165, 1.54) is 11.1 Å². The van der Waals surface area contributed by atoms with Crippen LogP contribution in [0.25, 0.3) is 0 Å². The van der Waals surface area contributed by atoms with Crippen molar-refractivity contribution in [2.75, 3.05) is 25.7 Å². The van der Waals surface area contributed by atoms with E-state index in [4.69, 9.17) is 21.1 Å². The molecule has 0 atom stereocenters. The van der Waals surface area contributed by atoms with Gasteiger partial charge in [0.2, 0.25) is 0 Å². The van der Waals surface area contributed by atoms with E-state index in [-0.39, 0.29) is 5.41 Å². The molecule has 0 unspecified atom stereocenters. The highest BCUT2D eigenvalue weighted by atomic mass is 35.5. The second-order valence-electron chi connectivity index (χ2n) is 4.68. The molecule has 1 saturated heterocycles. The topological polar surface area (TPSA) is 18.5 Å². The van der Waals surface area contributed by atoms with Crippen LogP contribution >= 0.6 is 11.6 Å². The van der Waals surface area contributed by atoms with Crippen LogP contribution in [0.4, 0.5) is 0 Å². The van der Waals surface area contributed by atoms with Crippen LogP contribution in [0.3, 0.4) is 0 Å². The highest BCUT2D eigenvalue weighted by Crippen LogP contribution is 2.36. The molecule has 3 heteroatoms. The van der Waals surface area contributed by atoms with Crippen LogP contribution in [0.5, 0.6) is 5.75 Å². The molecule has 2 aliphatic rings. The van der Waals surface area contributed by atoms with Crippen LogP contribution in [0.2, 0.25) is 0 Å². The lowest BCUT2D eigenvalue weighted by Gasteiger charge is -2.40. The van der Waals surface area contributed by atoms with Crippen LogP contribution < -0.4 is 4.74 Å². The number of aryl methyl sites for hydroxylation is 1. The molecule has 16 heavy (non-hydrogen) atoms. The van der Waals surface area contributed by atoms with Crippen molar-refractivity contribution in [2.24, 2.45) is 0 Å². The molecule has 2 aliphatic heterocycles. The number of fused-ring (bicyclic) bond motifs is 1. The first-order valence-corrected chi connectivity index (χ1v) is 6.27. The van der Waals surface area contributed by atoms with Crippen LogP contribution in [0.15, 0.2) is 18.2 Å². The Morgan fingerprint density at radius 1 is 1.31 bits per heavy atom. The van der Waals surface area contributed by atoms with Gasteiger partial charge in [0.15, 0.2) is 0 Å². The van der Waals surface area contributed by atoms with Gasteiger partial charge in [-0.05, 0) is 30.0 Å². The van der Waals surface area contributed by atoms with Gasteiger partial charge in [-0.2, -0.15) is 0 Å². The summed E-state index contributed by atoms with van der Waals surface area (Å²) in [7, 11) is 0. The first-order chi connectivity index (χ1) is 7.84. The molecular weight excluding hydrogens is 224 g/mol. The lowest BCUT2D eigenvalue weighted by atomic mass is 9.79. The Morgan fingerprint density at radius 3 is 2.88 bits per heavy atom. The van der Waals surface area contributed by atoms with E-state index in [1.807, 2.05) is 0 Å². The third-order valence-corrected chi connectivity index (χ3v) is 4.04. The molecular formula is C13H15ClO2. The van der Waals surface area contributed by atoms with Crippen molar-refractivity contribution in [2.45, 2.75) is 18.3 Å². The van der Waals surface area contributed by atoms with E-state index in [0.29, 0.717) is 5.88 Å². The van der Waals surface area contributed by atoms with E-state index in [9.17, 15) is 0 Å². The fourth-order valence-corrected chi connectivity index (χ4v) is 2.67. The minimum Gasteiger partial charge on any atom is -0.493 e. The summed E-state index contributed by atoms with van der Waals surface area (Å²) in [5, 5.41) is 0. The van der Waals surface area contributed by atoms with E-state index < -0.39 is 0 Å². The number of benzene rings is 1. The molecule has 86 valence electrons. The Hall–Kier alpha value is -0.730. The van der Waals surface area contributed by atoms with Gasteiger partial charge in [0.25, 0.3) is 0 Å². The summed E-state index contributed by atoms with van der Waals surface area (Å²) >= 11 is 6.07. The first kappa shape index (κ1) is 10.4. The molecule has 0 saturated carbocycles. The summed E-state index contributed by atoms with van der Waals surface area (Å²) in [6.07, 6.45) is 2.23. The van der Waals surface area contributed by atoms with Gasteiger partial charge in [0, 0.05) is 5.88 Å². The minimum absolute atomic E-state index is 0.0496. The molecule has 1 aromatic rings. The van der Waals surface area contributed by atoms with Crippen LogP contribution in [-0.2, 0) is 16.6 Å². The molecule has 0 radical (unpaired) electrons. The van der Waals surface area contributed by atoms with Gasteiger partial charge in [-0.3, -0.25) is 0 Å². The zero-order valence-corrected chi connectivity index (χ0v) is 9.93. The van der Waals surface area contributed by atoms with Crippen molar-refractivity contribution in [1.82, 2.24) is 0 Å². The summed E-state index contributed by atoms with van der Waals surface area (Å²) in [6.45, 7) is 2.34. The number of alkyl halides is 1. The number of halogens is 1. The molecule has 1 aromatic carbocycles. The van der Waals surface area contributed by atoms with Crippen molar-refractivity contribution in [3.05, 3.63) is 29.3 Å². The maximum absolute atomic E-state index is 6.07. The summed E-state index contributed by atoms with van der Waals surface area (Å²) in [5.41, 5.74) is 2.67. The van der Waals surface area contributed by atoms with Gasteiger partial charge >= 0.3 is 0 Å². The van der Waals surface area contributed by atoms with Gasteiger partial charge in [0.1, 0.15) is 5.75 Å². The Bertz CT molecular complexity index is 393. The Balaban J connectivity index is 1.96. The highest BCUT2D eigenvalue weighted by Gasteiger charge is 2.39. The molecule has 0 spiro atoms. The Kier molecular flexibility index (Phi) is 2.56. The smallest absolute Gasteiger partial charge is 0.122 e. The minimum atomic E-state index is 0.0496. The van der Waals surface area contributed by atoms with Crippen molar-refractivity contribution in [3.8, 4) is 5.75 Å². The van der Waals surface area contributed by atoms with Crippen LogP contribution in [0, 0.1) is 0 Å². The third-order valence-electron chi connectivity index (χ3n) is 3.53. The van der Waals surface area contributed by atoms with Gasteiger partial charge < -0.3 is 9.47 Å². The monoisotopic (exact) mass is 238 g/mol. The van der Waals surface area contributed by atoms with Crippen molar-refractivity contribution < 1.29 is 9.47 Å². The fraction of sp³-hybridized carbons (Fsp3) is 0.538. The lowest BCUT2D eigenvalue weighted by Crippen LogP contribution is -2.48. The van der Waals surface area contributed by atoms with E-state index in [0.717, 1.165) is 38.4 Å². The molecule has 2 heterocycles. The molecule has 0 N–H and O–H groups in total. The van der Waals surface area contributed by atoms with Gasteiger partial charge in [0.05, 0.1) is 25.2 Å². The third kappa shape index (κ3) is 1.52. The number of ether oxygens (including phenoxy) is 2. The summed E-state index contributed by atoms with van der Waals surface area (Å²) < 4.78 is 10.9. The highest BCUT2D eigenvalue weighted by molar-refractivity contribution is 6.18. The molecule has 0 bridgehead atoms. The molecule has 0 aromatic heterocycles. The largest absolute Gasteiger partial charge is 0.493 e. The predicted octanol–water partition coefficient (Wildman–Crippen LogP) is 2.52. The molecule has 1 fully saturated rings. The number of hydrogen-bond acceptors (Lipinski definition) is 2. The standard InChI is InChI=1S/C13H15ClO2/c14-7-13(8-15-9-13)11-3-4-12-10(6-11)2-1-5-16-12/h3-4,6H,1-2,5,7-9H2. The molecule has 0 aliphatic carbocycles. The molecule has 0 amide bonds. The van der Waals surface area contributed by atoms with E-state index in [2.05, 4.69) is 18.2 Å². The Morgan fingerprint density at radius 2 is 2.19 bits per heavy atom. The van der Waals surface area contributed by atoms with E-state index in [1.54, 1.807) is 0 Å². The first-order valence-electron chi connectivity index (χ1n) is 5.74. The molecule has 2 nitrogen and oxygen atoms in total. The second-order valence-corrected chi connectivity index (χ2v) is 4.95. The maximum Gasteiger partial charge on any atom is 0.122 e.